The number of hydrogen-bond donors (Lipinski definition) is 0. The van der Waals surface area contributed by atoms with Crippen LogP contribution in [0, 0.1) is 0 Å². The second kappa shape index (κ2) is 1.81. The predicted molar refractivity (Wildman–Crippen MR) is 28.8 cm³/mol. The molecule has 24 valence electrons. The second-order valence-electron chi connectivity index (χ2n) is 1.03. The van der Waals surface area contributed by atoms with Crippen LogP contribution in [-0.2, 0) is 0 Å². The number of rotatable bonds is 0. The van der Waals surface area contributed by atoms with Crippen LogP contribution in [0.25, 0.3) is 0 Å². The fourth-order valence-corrected chi connectivity index (χ4v) is 1.02. The van der Waals surface area contributed by atoms with Gasteiger partial charge in [-0.25, -0.2) is 0 Å². The molecule has 0 aliphatic carbocycles. The fraction of sp³-hybridized carbons (Fsp3) is 1.00. The van der Waals surface area contributed by atoms with Crippen molar-refractivity contribution < 1.29 is 0 Å². The Balaban J connectivity index is 2.32. The molecule has 1 rings (SSSR count). The van der Waals surface area contributed by atoms with E-state index in [1.807, 2.05) is 11.6 Å². The molecular weight excluding hydrogens is 77.7 g/mol. The summed E-state index contributed by atoms with van der Waals surface area (Å²) < 4.78 is 0. The van der Waals surface area contributed by atoms with Crippen molar-refractivity contribution in [2.75, 3.05) is 5.75 Å². The molecule has 0 saturated heterocycles. The molecule has 0 N–H and O–H groups in total. The Morgan fingerprint density at radius 2 is 2.60 bits per heavy atom. The molecule has 1 aliphatic rings. The van der Waals surface area contributed by atoms with E-state index in [1.54, 1.807) is 0 Å². The molecule has 0 nitrogen and oxygen atoms in total. The Bertz CT molecular complexity index is 45.6. The summed E-state index contributed by atoms with van der Waals surface area (Å²) in [6.07, 6.45) is 3.44. The van der Waals surface area contributed by atoms with Crippen LogP contribution in [0.2, 0.25) is 6.32 Å². The molecule has 0 radical (unpaired) electrons. The number of hydrogen-bond acceptors (Lipinski definition) is 1. The van der Waals surface area contributed by atoms with Gasteiger partial charge in [0.2, 0.25) is 0 Å². The van der Waals surface area contributed by atoms with Gasteiger partial charge in [0, 0.05) is 0 Å². The molecule has 1 aliphatic heterocycles. The van der Waals surface area contributed by atoms with E-state index in [1.165, 1.54) is 12.1 Å². The molecule has 1 heterocycles. The first-order valence-electron chi connectivity index (χ1n) is 1.77. The standard InChI is InChI=1S/C2H4B2S/c1-2-5-4-3-1/h1-2H2. The SMILES string of the molecule is B1=BSCC1. The maximum atomic E-state index is 2.20. The third-order valence-electron chi connectivity index (χ3n) is 0.595. The van der Waals surface area contributed by atoms with Crippen LogP contribution in [0.1, 0.15) is 0 Å². The molecular formula is C2H4B2S. The average molecular weight is 81.7 g/mol. The Labute approximate surface area is 37.3 Å². The summed E-state index contributed by atoms with van der Waals surface area (Å²) in [5.74, 6) is 1.31. The van der Waals surface area contributed by atoms with E-state index in [2.05, 4.69) is 12.9 Å². The molecule has 5 heavy (non-hydrogen) atoms. The van der Waals surface area contributed by atoms with Gasteiger partial charge >= 0.3 is 36.6 Å². The molecule has 0 saturated carbocycles. The summed E-state index contributed by atoms with van der Waals surface area (Å²) in [7, 11) is 0. The third kappa shape index (κ3) is 0.917. The van der Waals surface area contributed by atoms with Gasteiger partial charge in [0.15, 0.2) is 0 Å². The topological polar surface area (TPSA) is 0 Å². The van der Waals surface area contributed by atoms with E-state index in [0.717, 1.165) is 0 Å². The quantitative estimate of drug-likeness (QED) is 0.381. The van der Waals surface area contributed by atoms with Crippen LogP contribution < -0.4 is 0 Å². The van der Waals surface area contributed by atoms with Crippen molar-refractivity contribution in [3.8, 4) is 0 Å². The molecule has 0 spiro atoms. The van der Waals surface area contributed by atoms with Crippen molar-refractivity contribution >= 4 is 24.5 Å². The summed E-state index contributed by atoms with van der Waals surface area (Å²) in [5.41, 5.74) is 0. The molecule has 0 fully saturated rings. The van der Waals surface area contributed by atoms with Crippen LogP contribution in [0.15, 0.2) is 0 Å². The van der Waals surface area contributed by atoms with E-state index in [0.29, 0.717) is 0 Å². The second-order valence-corrected chi connectivity index (χ2v) is 2.04. The Hall–Kier alpha value is 0.480. The normalized spacial score (nSPS) is 17.6. The Morgan fingerprint density at radius 1 is 1.60 bits per heavy atom. The van der Waals surface area contributed by atoms with Crippen molar-refractivity contribution in [2.45, 2.75) is 6.32 Å². The Morgan fingerprint density at radius 3 is 2.80 bits per heavy atom. The van der Waals surface area contributed by atoms with E-state index in [4.69, 9.17) is 0 Å². The van der Waals surface area contributed by atoms with Crippen molar-refractivity contribution in [3.05, 3.63) is 0 Å². The van der Waals surface area contributed by atoms with Gasteiger partial charge in [-0.15, -0.1) is 0 Å². The van der Waals surface area contributed by atoms with E-state index >= 15 is 0 Å². The van der Waals surface area contributed by atoms with E-state index in [-0.39, 0.29) is 0 Å². The van der Waals surface area contributed by atoms with E-state index < -0.39 is 0 Å². The van der Waals surface area contributed by atoms with Crippen LogP contribution in [0.3, 0.4) is 0 Å². The van der Waals surface area contributed by atoms with Gasteiger partial charge in [-0.1, -0.05) is 0 Å². The first kappa shape index (κ1) is 3.66. The zero-order chi connectivity index (χ0) is 3.54. The summed E-state index contributed by atoms with van der Waals surface area (Å²) in [4.78, 5) is 0. The van der Waals surface area contributed by atoms with Crippen LogP contribution >= 0.6 is 11.6 Å². The molecule has 0 atom stereocenters. The minimum atomic E-state index is 1.28. The monoisotopic (exact) mass is 82.0 g/mol. The zero-order valence-electron chi connectivity index (χ0n) is 2.98. The molecule has 0 aromatic carbocycles. The van der Waals surface area contributed by atoms with E-state index in [9.17, 15) is 0 Å². The minimum absolute atomic E-state index is 1.28. The van der Waals surface area contributed by atoms with Gasteiger partial charge in [-0.05, 0) is 0 Å². The predicted octanol–water partition coefficient (Wildman–Crippen LogP) is 0.390. The van der Waals surface area contributed by atoms with Gasteiger partial charge in [0.25, 0.3) is 0 Å². The molecule has 3 heteroatoms. The van der Waals surface area contributed by atoms with Crippen molar-refractivity contribution in [1.29, 1.82) is 0 Å². The van der Waals surface area contributed by atoms with Gasteiger partial charge < -0.3 is 0 Å². The Kier molecular flexibility index (Phi) is 1.32. The molecule has 0 aromatic heterocycles. The zero-order valence-corrected chi connectivity index (χ0v) is 3.79. The van der Waals surface area contributed by atoms with Crippen molar-refractivity contribution in [3.63, 3.8) is 0 Å². The van der Waals surface area contributed by atoms with Gasteiger partial charge in [0.05, 0.1) is 0 Å². The summed E-state index contributed by atoms with van der Waals surface area (Å²) in [6, 6.07) is 0. The van der Waals surface area contributed by atoms with Gasteiger partial charge in [-0.2, -0.15) is 0 Å². The van der Waals surface area contributed by atoms with Gasteiger partial charge in [-0.3, -0.25) is 0 Å². The maximum absolute atomic E-state index is 2.20. The fourth-order valence-electron chi connectivity index (χ4n) is 0.340. The first-order chi connectivity index (χ1) is 2.50. The molecule has 0 aromatic rings. The molecule has 0 unspecified atom stereocenters. The molecule has 0 bridgehead atoms. The van der Waals surface area contributed by atoms with Crippen molar-refractivity contribution in [1.82, 2.24) is 0 Å². The van der Waals surface area contributed by atoms with Gasteiger partial charge in [0.1, 0.15) is 0 Å². The van der Waals surface area contributed by atoms with Crippen LogP contribution in [0.5, 0.6) is 0 Å². The summed E-state index contributed by atoms with van der Waals surface area (Å²) >= 11 is 1.89. The first-order valence-corrected chi connectivity index (χ1v) is 2.81. The average Bonchev–Trinajstić information content (AvgIpc) is 1.76. The van der Waals surface area contributed by atoms with Crippen LogP contribution in [-0.4, -0.2) is 18.6 Å². The third-order valence-corrected chi connectivity index (χ3v) is 1.45. The summed E-state index contributed by atoms with van der Waals surface area (Å²) in [6.45, 7) is 2.20. The van der Waals surface area contributed by atoms with Crippen LogP contribution in [0.4, 0.5) is 0 Å². The molecule has 0 amide bonds. The summed E-state index contributed by atoms with van der Waals surface area (Å²) in [5, 5.41) is 0. The van der Waals surface area contributed by atoms with Crippen molar-refractivity contribution in [2.24, 2.45) is 0 Å².